The van der Waals surface area contributed by atoms with Gasteiger partial charge in [0.05, 0.1) is 12.9 Å². The van der Waals surface area contributed by atoms with E-state index in [4.69, 9.17) is 10.8 Å². The van der Waals surface area contributed by atoms with E-state index < -0.39 is 30.4 Å². The molecule has 0 saturated heterocycles. The van der Waals surface area contributed by atoms with E-state index in [0.29, 0.717) is 10.6 Å². The average molecular weight is 254 g/mol. The van der Waals surface area contributed by atoms with Gasteiger partial charge in [0.2, 0.25) is 11.8 Å². The van der Waals surface area contributed by atoms with Gasteiger partial charge in [0.15, 0.2) is 0 Å². The maximum Gasteiger partial charge on any atom is 0.327 e. The molecule has 0 saturated carbocycles. The molecule has 0 fully saturated rings. The Balaban J connectivity index is 2.97. The van der Waals surface area contributed by atoms with Crippen molar-refractivity contribution in [3.8, 4) is 0 Å². The first-order chi connectivity index (χ1) is 8.47. The third-order valence-corrected chi connectivity index (χ3v) is 2.35. The quantitative estimate of drug-likeness (QED) is 0.601. The highest BCUT2D eigenvalue weighted by atomic mass is 16.4. The van der Waals surface area contributed by atoms with Gasteiger partial charge in [-0.05, 0) is 0 Å². The van der Waals surface area contributed by atoms with Crippen molar-refractivity contribution < 1.29 is 19.5 Å². The van der Waals surface area contributed by atoms with Crippen molar-refractivity contribution in [1.29, 1.82) is 0 Å². The van der Waals surface area contributed by atoms with Crippen LogP contribution in [-0.2, 0) is 20.8 Å². The van der Waals surface area contributed by atoms with Crippen LogP contribution in [0.4, 0.5) is 0 Å². The number of hydrogen-bond donors (Lipinski definition) is 3. The SMILES string of the molecule is CC(=O)N(C(=O)CN)[C@@H](Cc1cnc[nH]1)C(=O)O. The lowest BCUT2D eigenvalue weighted by molar-refractivity contribution is -0.156. The van der Waals surface area contributed by atoms with Crippen LogP contribution in [-0.4, -0.2) is 50.3 Å². The maximum absolute atomic E-state index is 11.5. The summed E-state index contributed by atoms with van der Waals surface area (Å²) in [4.78, 5) is 41.2. The highest BCUT2D eigenvalue weighted by Crippen LogP contribution is 2.08. The number of nitrogens with one attached hydrogen (secondary N) is 1. The van der Waals surface area contributed by atoms with Crippen LogP contribution >= 0.6 is 0 Å². The summed E-state index contributed by atoms with van der Waals surface area (Å²) in [7, 11) is 0. The van der Waals surface area contributed by atoms with Crippen molar-refractivity contribution in [3.63, 3.8) is 0 Å². The first-order valence-electron chi connectivity index (χ1n) is 5.20. The van der Waals surface area contributed by atoms with E-state index in [-0.39, 0.29) is 6.42 Å². The minimum Gasteiger partial charge on any atom is -0.480 e. The summed E-state index contributed by atoms with van der Waals surface area (Å²) < 4.78 is 0. The van der Waals surface area contributed by atoms with Crippen LogP contribution in [0.1, 0.15) is 12.6 Å². The minimum absolute atomic E-state index is 0.0410. The lowest BCUT2D eigenvalue weighted by Gasteiger charge is -2.25. The molecule has 1 aromatic heterocycles. The van der Waals surface area contributed by atoms with Crippen molar-refractivity contribution in [3.05, 3.63) is 18.2 Å². The number of carboxylic acids is 1. The first-order valence-corrected chi connectivity index (χ1v) is 5.20. The average Bonchev–Trinajstić information content (AvgIpc) is 2.79. The van der Waals surface area contributed by atoms with Crippen LogP contribution in [0.2, 0.25) is 0 Å². The molecule has 1 rings (SSSR count). The van der Waals surface area contributed by atoms with Crippen molar-refractivity contribution in [2.24, 2.45) is 5.73 Å². The fourth-order valence-corrected chi connectivity index (χ4v) is 1.56. The number of nitrogens with zero attached hydrogens (tertiary/aromatic N) is 2. The molecule has 18 heavy (non-hydrogen) atoms. The zero-order valence-electron chi connectivity index (χ0n) is 9.79. The van der Waals surface area contributed by atoms with Crippen molar-refractivity contribution in [2.75, 3.05) is 6.54 Å². The molecule has 0 aliphatic rings. The van der Waals surface area contributed by atoms with Gasteiger partial charge in [-0.1, -0.05) is 0 Å². The molecule has 8 heteroatoms. The number of amides is 2. The predicted octanol–water partition coefficient (Wildman–Crippen LogP) is -1.26. The number of imidazole rings is 1. The van der Waals surface area contributed by atoms with E-state index in [0.717, 1.165) is 6.92 Å². The Morgan fingerprint density at radius 3 is 2.61 bits per heavy atom. The number of carboxylic acid groups (broad SMARTS) is 1. The number of H-pyrrole nitrogens is 1. The fourth-order valence-electron chi connectivity index (χ4n) is 1.56. The van der Waals surface area contributed by atoms with Crippen LogP contribution in [0.3, 0.4) is 0 Å². The van der Waals surface area contributed by atoms with Crippen LogP contribution < -0.4 is 5.73 Å². The largest absolute Gasteiger partial charge is 0.480 e. The van der Waals surface area contributed by atoms with Crippen molar-refractivity contribution >= 4 is 17.8 Å². The van der Waals surface area contributed by atoms with E-state index in [1.807, 2.05) is 0 Å². The lowest BCUT2D eigenvalue weighted by Crippen LogP contribution is -2.51. The van der Waals surface area contributed by atoms with Crippen LogP contribution in [0.15, 0.2) is 12.5 Å². The van der Waals surface area contributed by atoms with E-state index in [2.05, 4.69) is 9.97 Å². The predicted molar refractivity (Wildman–Crippen MR) is 60.3 cm³/mol. The van der Waals surface area contributed by atoms with Crippen LogP contribution in [0, 0.1) is 0 Å². The molecule has 4 N–H and O–H groups in total. The Labute approximate surface area is 103 Å². The van der Waals surface area contributed by atoms with Gasteiger partial charge in [-0.2, -0.15) is 0 Å². The molecule has 0 aromatic carbocycles. The summed E-state index contributed by atoms with van der Waals surface area (Å²) >= 11 is 0. The lowest BCUT2D eigenvalue weighted by atomic mass is 10.1. The van der Waals surface area contributed by atoms with E-state index in [1.54, 1.807) is 0 Å². The summed E-state index contributed by atoms with van der Waals surface area (Å²) in [5.41, 5.74) is 5.68. The van der Waals surface area contributed by atoms with Gasteiger partial charge in [-0.25, -0.2) is 9.78 Å². The number of carbonyl (C=O) groups excluding carboxylic acids is 2. The monoisotopic (exact) mass is 254 g/mol. The topological polar surface area (TPSA) is 129 Å². The van der Waals surface area contributed by atoms with Crippen molar-refractivity contribution in [2.45, 2.75) is 19.4 Å². The molecule has 1 aromatic rings. The highest BCUT2D eigenvalue weighted by Gasteiger charge is 2.32. The highest BCUT2D eigenvalue weighted by molar-refractivity contribution is 5.99. The zero-order chi connectivity index (χ0) is 13.7. The molecule has 8 nitrogen and oxygen atoms in total. The van der Waals surface area contributed by atoms with Gasteiger partial charge < -0.3 is 15.8 Å². The first kappa shape index (κ1) is 13.8. The van der Waals surface area contributed by atoms with Crippen LogP contribution in [0.5, 0.6) is 0 Å². The molecule has 0 aliphatic heterocycles. The molecule has 1 atom stereocenters. The summed E-state index contributed by atoms with van der Waals surface area (Å²) in [5, 5.41) is 9.11. The fraction of sp³-hybridized carbons (Fsp3) is 0.400. The van der Waals surface area contributed by atoms with Crippen LogP contribution in [0.25, 0.3) is 0 Å². The van der Waals surface area contributed by atoms with Gasteiger partial charge in [-0.3, -0.25) is 14.5 Å². The minimum atomic E-state index is -1.29. The number of carbonyl (C=O) groups is 3. The summed E-state index contributed by atoms with van der Waals surface area (Å²) in [6, 6.07) is -1.29. The standard InChI is InChI=1S/C10H14N4O4/c1-6(15)14(9(16)3-11)8(10(17)18)2-7-4-12-5-13-7/h4-5,8H,2-3,11H2,1H3,(H,12,13)(H,17,18)/t8-/m0/s1. The molecular weight excluding hydrogens is 240 g/mol. The number of aromatic amines is 1. The van der Waals surface area contributed by atoms with Crippen molar-refractivity contribution in [1.82, 2.24) is 14.9 Å². The number of aliphatic carboxylic acids is 1. The maximum atomic E-state index is 11.5. The number of rotatable bonds is 5. The second-order valence-corrected chi connectivity index (χ2v) is 3.62. The van der Waals surface area contributed by atoms with E-state index in [9.17, 15) is 14.4 Å². The second kappa shape index (κ2) is 5.92. The summed E-state index contributed by atoms with van der Waals surface area (Å²) in [5.74, 6) is -2.66. The smallest absolute Gasteiger partial charge is 0.327 e. The second-order valence-electron chi connectivity index (χ2n) is 3.62. The molecular formula is C10H14N4O4. The molecule has 0 aliphatic carbocycles. The van der Waals surface area contributed by atoms with Gasteiger partial charge in [0.1, 0.15) is 6.04 Å². The molecule has 0 radical (unpaired) electrons. The number of imide groups is 1. The Morgan fingerprint density at radius 2 is 2.22 bits per heavy atom. The van der Waals surface area contributed by atoms with Gasteiger partial charge in [0.25, 0.3) is 0 Å². The van der Waals surface area contributed by atoms with Gasteiger partial charge >= 0.3 is 5.97 Å². The van der Waals surface area contributed by atoms with Gasteiger partial charge in [0, 0.05) is 25.2 Å². The Hall–Kier alpha value is -2.22. The molecule has 0 unspecified atom stereocenters. The molecule has 2 amide bonds. The Bertz CT molecular complexity index is 443. The molecule has 98 valence electrons. The number of aromatic nitrogens is 2. The van der Waals surface area contributed by atoms with E-state index in [1.165, 1.54) is 12.5 Å². The number of hydrogen-bond acceptors (Lipinski definition) is 5. The zero-order valence-corrected chi connectivity index (χ0v) is 9.79. The Kier molecular flexibility index (Phi) is 4.55. The normalized spacial score (nSPS) is 11.9. The summed E-state index contributed by atoms with van der Waals surface area (Å²) in [6.45, 7) is 0.697. The third kappa shape index (κ3) is 3.14. The number of nitrogens with two attached hydrogens (primary N) is 1. The summed E-state index contributed by atoms with van der Waals surface area (Å²) in [6.07, 6.45) is 2.78. The molecule has 1 heterocycles. The molecule has 0 bridgehead atoms. The third-order valence-electron chi connectivity index (χ3n) is 2.35. The molecule has 0 spiro atoms. The Morgan fingerprint density at radius 1 is 1.56 bits per heavy atom. The van der Waals surface area contributed by atoms with E-state index >= 15 is 0 Å². The van der Waals surface area contributed by atoms with Gasteiger partial charge in [-0.15, -0.1) is 0 Å².